The largest absolute Gasteiger partial charge is 0.397 e. The van der Waals surface area contributed by atoms with Gasteiger partial charge in [0.2, 0.25) is 5.91 Å². The summed E-state index contributed by atoms with van der Waals surface area (Å²) in [4.78, 5) is 25.3. The van der Waals surface area contributed by atoms with Crippen LogP contribution in [0.25, 0.3) is 0 Å². The molecular weight excluding hydrogens is 244 g/mol. The lowest BCUT2D eigenvalue weighted by Gasteiger charge is -2.18. The molecule has 6 heteroatoms. The van der Waals surface area contributed by atoms with Crippen LogP contribution in [0.4, 0.5) is 5.69 Å². The van der Waals surface area contributed by atoms with Gasteiger partial charge in [-0.15, -0.1) is 0 Å². The van der Waals surface area contributed by atoms with Crippen molar-refractivity contribution in [2.75, 3.05) is 19.8 Å². The summed E-state index contributed by atoms with van der Waals surface area (Å²) in [7, 11) is 3.31. The first kappa shape index (κ1) is 15.1. The molecule has 106 valence electrons. The number of hydrogen-bond donors (Lipinski definition) is 2. The summed E-state index contributed by atoms with van der Waals surface area (Å²) in [5.41, 5.74) is 6.74. The predicted octanol–water partition coefficient (Wildman–Crippen LogP) is 0.687. The van der Waals surface area contributed by atoms with E-state index in [4.69, 9.17) is 5.73 Å². The minimum atomic E-state index is -0.561. The smallest absolute Gasteiger partial charge is 0.268 e. The Hall–Kier alpha value is -1.98. The van der Waals surface area contributed by atoms with Gasteiger partial charge in [-0.25, -0.2) is 0 Å². The number of carbonyl (C=O) groups is 2. The van der Waals surface area contributed by atoms with E-state index in [0.717, 1.165) is 13.0 Å². The summed E-state index contributed by atoms with van der Waals surface area (Å²) in [6.45, 7) is 4.41. The van der Waals surface area contributed by atoms with E-state index in [-0.39, 0.29) is 11.8 Å². The minimum Gasteiger partial charge on any atom is -0.397 e. The maximum atomic E-state index is 12.1. The molecule has 0 saturated heterocycles. The normalized spacial score (nSPS) is 12.0. The third-order valence-corrected chi connectivity index (χ3v) is 2.77. The molecule has 1 aromatic heterocycles. The molecule has 1 rings (SSSR count). The van der Waals surface area contributed by atoms with Gasteiger partial charge in [0.1, 0.15) is 11.7 Å². The van der Waals surface area contributed by atoms with Gasteiger partial charge < -0.3 is 20.5 Å². The second kappa shape index (κ2) is 6.26. The average Bonchev–Trinajstić information content (AvgIpc) is 2.69. The fourth-order valence-corrected chi connectivity index (χ4v) is 1.87. The highest BCUT2D eigenvalue weighted by molar-refractivity contribution is 5.97. The number of nitrogen functional groups attached to an aromatic ring is 1. The van der Waals surface area contributed by atoms with Gasteiger partial charge >= 0.3 is 0 Å². The maximum Gasteiger partial charge on any atom is 0.268 e. The van der Waals surface area contributed by atoms with Crippen molar-refractivity contribution in [3.05, 3.63) is 18.0 Å². The summed E-state index contributed by atoms with van der Waals surface area (Å²) < 4.78 is 1.80. The first-order valence-corrected chi connectivity index (χ1v) is 6.34. The van der Waals surface area contributed by atoms with Crippen LogP contribution in [0, 0.1) is 0 Å². The number of rotatable bonds is 5. The van der Waals surface area contributed by atoms with Crippen molar-refractivity contribution >= 4 is 17.5 Å². The van der Waals surface area contributed by atoms with E-state index in [9.17, 15) is 9.59 Å². The molecule has 1 unspecified atom stereocenters. The summed E-state index contributed by atoms with van der Waals surface area (Å²) in [5.74, 6) is -0.428. The molecular formula is C13H22N4O2. The molecule has 0 aromatic carbocycles. The third kappa shape index (κ3) is 3.74. The number of hydrogen-bond acceptors (Lipinski definition) is 3. The molecule has 0 fully saturated rings. The first-order chi connectivity index (χ1) is 8.86. The fraction of sp³-hybridized carbons (Fsp3) is 0.538. The Labute approximate surface area is 113 Å². The highest BCUT2D eigenvalue weighted by Crippen LogP contribution is 2.11. The highest BCUT2D eigenvalue weighted by atomic mass is 16.2. The van der Waals surface area contributed by atoms with Crippen molar-refractivity contribution < 1.29 is 9.59 Å². The summed E-state index contributed by atoms with van der Waals surface area (Å²) in [6, 6.07) is 1.06. The summed E-state index contributed by atoms with van der Waals surface area (Å²) in [5, 5.41) is 2.68. The molecule has 0 spiro atoms. The number of nitrogens with two attached hydrogens (primary N) is 1. The van der Waals surface area contributed by atoms with E-state index in [1.165, 1.54) is 4.90 Å². The van der Waals surface area contributed by atoms with Crippen LogP contribution in [0.15, 0.2) is 12.3 Å². The van der Waals surface area contributed by atoms with Crippen molar-refractivity contribution in [3.63, 3.8) is 0 Å². The van der Waals surface area contributed by atoms with E-state index < -0.39 is 6.04 Å². The van der Waals surface area contributed by atoms with Crippen molar-refractivity contribution in [2.45, 2.75) is 32.9 Å². The van der Waals surface area contributed by atoms with E-state index in [2.05, 4.69) is 5.32 Å². The van der Waals surface area contributed by atoms with E-state index >= 15 is 0 Å². The molecule has 3 N–H and O–H groups in total. The lowest BCUT2D eigenvalue weighted by molar-refractivity contribution is -0.130. The van der Waals surface area contributed by atoms with Gasteiger partial charge in [-0.2, -0.15) is 0 Å². The molecule has 1 aromatic rings. The van der Waals surface area contributed by atoms with E-state index in [1.807, 2.05) is 6.92 Å². The predicted molar refractivity (Wildman–Crippen MR) is 74.8 cm³/mol. The minimum absolute atomic E-state index is 0.144. The number of nitrogens with one attached hydrogen (secondary N) is 1. The molecule has 6 nitrogen and oxygen atoms in total. The van der Waals surface area contributed by atoms with Crippen LogP contribution in [0.1, 0.15) is 30.8 Å². The molecule has 2 amide bonds. The molecule has 0 aliphatic carbocycles. The number of aromatic nitrogens is 1. The van der Waals surface area contributed by atoms with Gasteiger partial charge in [0.15, 0.2) is 0 Å². The van der Waals surface area contributed by atoms with Crippen LogP contribution in [0.2, 0.25) is 0 Å². The zero-order valence-electron chi connectivity index (χ0n) is 11.9. The number of carbonyl (C=O) groups excluding carboxylic acids is 2. The molecule has 0 aliphatic heterocycles. The van der Waals surface area contributed by atoms with Crippen LogP contribution in [-0.2, 0) is 11.3 Å². The summed E-state index contributed by atoms with van der Waals surface area (Å²) in [6.07, 6.45) is 2.64. The molecule has 0 aliphatic rings. The van der Waals surface area contributed by atoms with Gasteiger partial charge in [-0.05, 0) is 19.4 Å². The van der Waals surface area contributed by atoms with Gasteiger partial charge in [0, 0.05) is 26.8 Å². The summed E-state index contributed by atoms with van der Waals surface area (Å²) >= 11 is 0. The second-order valence-electron chi connectivity index (χ2n) is 4.78. The Bertz CT molecular complexity index is 465. The standard InChI is InChI=1S/C13H22N4O2/c1-5-6-17-8-10(14)7-11(17)12(18)15-9(2)13(19)16(3)4/h7-9H,5-6,14H2,1-4H3,(H,15,18). The zero-order valence-corrected chi connectivity index (χ0v) is 11.9. The van der Waals surface area contributed by atoms with Crippen LogP contribution in [-0.4, -0.2) is 41.4 Å². The van der Waals surface area contributed by atoms with Crippen molar-refractivity contribution in [1.82, 2.24) is 14.8 Å². The van der Waals surface area contributed by atoms with Crippen molar-refractivity contribution in [3.8, 4) is 0 Å². The Morgan fingerprint density at radius 3 is 2.63 bits per heavy atom. The number of amides is 2. The molecule has 19 heavy (non-hydrogen) atoms. The SMILES string of the molecule is CCCn1cc(N)cc1C(=O)NC(C)C(=O)N(C)C. The second-order valence-corrected chi connectivity index (χ2v) is 4.78. The monoisotopic (exact) mass is 266 g/mol. The lowest BCUT2D eigenvalue weighted by Crippen LogP contribution is -2.44. The number of nitrogens with zero attached hydrogens (tertiary/aromatic N) is 2. The van der Waals surface area contributed by atoms with Crippen LogP contribution in [0.3, 0.4) is 0 Å². The first-order valence-electron chi connectivity index (χ1n) is 6.34. The molecule has 0 bridgehead atoms. The van der Waals surface area contributed by atoms with Crippen molar-refractivity contribution in [2.24, 2.45) is 0 Å². The van der Waals surface area contributed by atoms with Gasteiger partial charge in [-0.1, -0.05) is 6.92 Å². The zero-order chi connectivity index (χ0) is 14.6. The van der Waals surface area contributed by atoms with E-state index in [0.29, 0.717) is 11.4 Å². The topological polar surface area (TPSA) is 80.4 Å². The van der Waals surface area contributed by atoms with Crippen LogP contribution in [0.5, 0.6) is 0 Å². The van der Waals surface area contributed by atoms with Gasteiger partial charge in [0.05, 0.1) is 5.69 Å². The number of anilines is 1. The Morgan fingerprint density at radius 1 is 1.47 bits per heavy atom. The van der Waals surface area contributed by atoms with E-state index in [1.54, 1.807) is 37.8 Å². The lowest BCUT2D eigenvalue weighted by atomic mass is 10.2. The molecule has 1 heterocycles. The van der Waals surface area contributed by atoms with Gasteiger partial charge in [-0.3, -0.25) is 9.59 Å². The fourth-order valence-electron chi connectivity index (χ4n) is 1.87. The van der Waals surface area contributed by atoms with Gasteiger partial charge in [0.25, 0.3) is 5.91 Å². The Morgan fingerprint density at radius 2 is 2.11 bits per heavy atom. The Balaban J connectivity index is 2.80. The van der Waals surface area contributed by atoms with Crippen LogP contribution >= 0.6 is 0 Å². The number of aryl methyl sites for hydroxylation is 1. The third-order valence-electron chi connectivity index (χ3n) is 2.77. The molecule has 0 saturated carbocycles. The quantitative estimate of drug-likeness (QED) is 0.822. The Kier molecular flexibility index (Phi) is 4.97. The molecule has 1 atom stereocenters. The number of likely N-dealkylation sites (N-methyl/N-ethyl adjacent to an activating group) is 1. The van der Waals surface area contributed by atoms with Crippen molar-refractivity contribution in [1.29, 1.82) is 0 Å². The molecule has 0 radical (unpaired) electrons. The van der Waals surface area contributed by atoms with Crippen LogP contribution < -0.4 is 11.1 Å². The maximum absolute atomic E-state index is 12.1. The average molecular weight is 266 g/mol. The highest BCUT2D eigenvalue weighted by Gasteiger charge is 2.20.